The highest BCUT2D eigenvalue weighted by atomic mass is 16.6. The molecule has 2 N–H and O–H groups in total. The minimum atomic E-state index is -0.324. The number of nitrogens with two attached hydrogens (primary N) is 1. The Kier molecular flexibility index (Phi) is 3.72. The Morgan fingerprint density at radius 2 is 2.06 bits per heavy atom. The fourth-order valence-corrected chi connectivity index (χ4v) is 1.83. The van der Waals surface area contributed by atoms with Crippen LogP contribution in [0.2, 0.25) is 0 Å². The van der Waals surface area contributed by atoms with Crippen LogP contribution in [-0.2, 0) is 11.3 Å². The molecule has 0 aromatic heterocycles. The molecule has 0 bridgehead atoms. The Morgan fingerprint density at radius 1 is 1.39 bits per heavy atom. The number of nitrogens with zero attached hydrogens (tertiary/aromatic N) is 1. The largest absolute Gasteiger partial charge is 0.486 e. The van der Waals surface area contributed by atoms with Crippen molar-refractivity contribution in [1.29, 1.82) is 0 Å². The topological polar surface area (TPSA) is 64.8 Å². The van der Waals surface area contributed by atoms with E-state index in [0.717, 1.165) is 17.1 Å². The lowest BCUT2D eigenvalue weighted by Crippen LogP contribution is -2.39. The third-order valence-electron chi connectivity index (χ3n) is 3.11. The number of carbonyl (C=O) groups is 1. The van der Waals surface area contributed by atoms with Gasteiger partial charge in [0.1, 0.15) is 13.2 Å². The molecule has 5 heteroatoms. The lowest BCUT2D eigenvalue weighted by Gasteiger charge is -2.23. The van der Waals surface area contributed by atoms with Crippen LogP contribution < -0.4 is 15.2 Å². The van der Waals surface area contributed by atoms with E-state index in [1.165, 1.54) is 0 Å². The van der Waals surface area contributed by atoms with Gasteiger partial charge in [0.25, 0.3) is 0 Å². The van der Waals surface area contributed by atoms with Crippen LogP contribution in [0.1, 0.15) is 12.5 Å². The molecule has 2 rings (SSSR count). The third-order valence-corrected chi connectivity index (χ3v) is 3.11. The molecular formula is C13H18N2O3. The third kappa shape index (κ3) is 2.73. The summed E-state index contributed by atoms with van der Waals surface area (Å²) in [6, 6.07) is 5.52. The molecule has 0 spiro atoms. The first kappa shape index (κ1) is 12.7. The van der Waals surface area contributed by atoms with Gasteiger partial charge in [-0.05, 0) is 31.7 Å². The van der Waals surface area contributed by atoms with E-state index >= 15 is 0 Å². The number of primary amides is 1. The van der Waals surface area contributed by atoms with E-state index in [0.29, 0.717) is 19.8 Å². The molecule has 5 nitrogen and oxygen atoms in total. The minimum Gasteiger partial charge on any atom is -0.486 e. The first-order chi connectivity index (χ1) is 8.58. The second kappa shape index (κ2) is 5.27. The van der Waals surface area contributed by atoms with Gasteiger partial charge in [0.05, 0.1) is 6.04 Å². The Labute approximate surface area is 106 Å². The summed E-state index contributed by atoms with van der Waals surface area (Å²) >= 11 is 0. The molecule has 1 aromatic rings. The number of rotatable bonds is 4. The predicted molar refractivity (Wildman–Crippen MR) is 67.6 cm³/mol. The molecule has 1 aromatic carbocycles. The zero-order chi connectivity index (χ0) is 13.1. The maximum absolute atomic E-state index is 11.1. The van der Waals surface area contributed by atoms with Crippen LogP contribution in [0.4, 0.5) is 0 Å². The van der Waals surface area contributed by atoms with Crippen molar-refractivity contribution in [2.75, 3.05) is 20.3 Å². The van der Waals surface area contributed by atoms with Gasteiger partial charge < -0.3 is 15.2 Å². The lowest BCUT2D eigenvalue weighted by atomic mass is 10.1. The smallest absolute Gasteiger partial charge is 0.234 e. The number of likely N-dealkylation sites (N-methyl/N-ethyl adjacent to an activating group) is 1. The predicted octanol–water partition coefficient (Wildman–Crippen LogP) is 0.763. The van der Waals surface area contributed by atoms with Crippen molar-refractivity contribution in [3.63, 3.8) is 0 Å². The van der Waals surface area contributed by atoms with Gasteiger partial charge in [0.2, 0.25) is 5.91 Å². The molecular weight excluding hydrogens is 232 g/mol. The molecule has 0 fully saturated rings. The van der Waals surface area contributed by atoms with E-state index in [-0.39, 0.29) is 11.9 Å². The number of ether oxygens (including phenoxy) is 2. The monoisotopic (exact) mass is 250 g/mol. The van der Waals surface area contributed by atoms with Crippen molar-refractivity contribution in [3.8, 4) is 11.5 Å². The highest BCUT2D eigenvalue weighted by Gasteiger charge is 2.17. The molecule has 1 amide bonds. The second-order valence-corrected chi connectivity index (χ2v) is 4.47. The normalized spacial score (nSPS) is 15.5. The number of benzene rings is 1. The second-order valence-electron chi connectivity index (χ2n) is 4.47. The summed E-state index contributed by atoms with van der Waals surface area (Å²) in [4.78, 5) is 13.0. The van der Waals surface area contributed by atoms with Gasteiger partial charge in [-0.25, -0.2) is 0 Å². The fourth-order valence-electron chi connectivity index (χ4n) is 1.83. The number of fused-ring (bicyclic) bond motifs is 1. The number of amides is 1. The van der Waals surface area contributed by atoms with Gasteiger partial charge in [-0.2, -0.15) is 0 Å². The highest BCUT2D eigenvalue weighted by molar-refractivity contribution is 5.79. The van der Waals surface area contributed by atoms with Crippen molar-refractivity contribution >= 4 is 5.91 Å². The summed E-state index contributed by atoms with van der Waals surface area (Å²) in [6.07, 6.45) is 0. The van der Waals surface area contributed by atoms with Gasteiger partial charge in [0, 0.05) is 6.54 Å². The quantitative estimate of drug-likeness (QED) is 0.857. The first-order valence-electron chi connectivity index (χ1n) is 5.96. The molecule has 1 aliphatic heterocycles. The highest BCUT2D eigenvalue weighted by Crippen LogP contribution is 2.31. The minimum absolute atomic E-state index is 0.293. The molecule has 0 unspecified atom stereocenters. The van der Waals surface area contributed by atoms with Crippen LogP contribution in [-0.4, -0.2) is 37.1 Å². The van der Waals surface area contributed by atoms with Crippen LogP contribution in [0.5, 0.6) is 11.5 Å². The van der Waals surface area contributed by atoms with Gasteiger partial charge in [-0.15, -0.1) is 0 Å². The van der Waals surface area contributed by atoms with Crippen molar-refractivity contribution in [2.45, 2.75) is 19.5 Å². The van der Waals surface area contributed by atoms with Gasteiger partial charge in [-0.3, -0.25) is 9.69 Å². The summed E-state index contributed by atoms with van der Waals surface area (Å²) in [5.74, 6) is 1.21. The molecule has 1 aliphatic rings. The lowest BCUT2D eigenvalue weighted by molar-refractivity contribution is -0.122. The van der Waals surface area contributed by atoms with Crippen molar-refractivity contribution in [2.24, 2.45) is 5.73 Å². The van der Waals surface area contributed by atoms with Crippen LogP contribution >= 0.6 is 0 Å². The standard InChI is InChI=1S/C13H18N2O3/c1-9(13(14)16)15(2)8-10-3-4-11-12(7-10)18-6-5-17-11/h3-4,7,9H,5-6,8H2,1-2H3,(H2,14,16)/t9-/m0/s1. The Bertz CT molecular complexity index is 448. The van der Waals surface area contributed by atoms with Crippen molar-refractivity contribution in [1.82, 2.24) is 4.90 Å². The molecule has 98 valence electrons. The van der Waals surface area contributed by atoms with E-state index in [4.69, 9.17) is 15.2 Å². The first-order valence-corrected chi connectivity index (χ1v) is 5.96. The fraction of sp³-hybridized carbons (Fsp3) is 0.462. The van der Waals surface area contributed by atoms with Gasteiger partial charge >= 0.3 is 0 Å². The molecule has 18 heavy (non-hydrogen) atoms. The van der Waals surface area contributed by atoms with E-state index in [2.05, 4.69) is 0 Å². The Hall–Kier alpha value is -1.75. The van der Waals surface area contributed by atoms with E-state index in [9.17, 15) is 4.79 Å². The number of hydrogen-bond donors (Lipinski definition) is 1. The van der Waals surface area contributed by atoms with E-state index < -0.39 is 0 Å². The SMILES string of the molecule is C[C@@H](C(N)=O)N(C)Cc1ccc2c(c1)OCCO2. The van der Waals surface area contributed by atoms with Crippen LogP contribution in [0, 0.1) is 0 Å². The summed E-state index contributed by atoms with van der Waals surface area (Å²) in [6.45, 7) is 3.59. The van der Waals surface area contributed by atoms with Crippen LogP contribution in [0.25, 0.3) is 0 Å². The zero-order valence-electron chi connectivity index (χ0n) is 10.7. The number of carbonyl (C=O) groups excluding carboxylic acids is 1. The average Bonchev–Trinajstić information content (AvgIpc) is 2.37. The van der Waals surface area contributed by atoms with E-state index in [1.54, 1.807) is 6.92 Å². The average molecular weight is 250 g/mol. The Morgan fingerprint density at radius 3 is 2.72 bits per heavy atom. The summed E-state index contributed by atoms with van der Waals surface area (Å²) in [5.41, 5.74) is 6.34. The maximum atomic E-state index is 11.1. The molecule has 0 saturated heterocycles. The van der Waals surface area contributed by atoms with E-state index in [1.807, 2.05) is 30.1 Å². The zero-order valence-corrected chi connectivity index (χ0v) is 10.7. The summed E-state index contributed by atoms with van der Waals surface area (Å²) < 4.78 is 11.0. The Balaban J connectivity index is 2.08. The molecule has 0 radical (unpaired) electrons. The van der Waals surface area contributed by atoms with Crippen molar-refractivity contribution < 1.29 is 14.3 Å². The molecule has 1 heterocycles. The van der Waals surface area contributed by atoms with Gasteiger partial charge in [-0.1, -0.05) is 6.07 Å². The van der Waals surface area contributed by atoms with Gasteiger partial charge in [0.15, 0.2) is 11.5 Å². The summed E-state index contributed by atoms with van der Waals surface area (Å²) in [5, 5.41) is 0. The molecule has 0 aliphatic carbocycles. The van der Waals surface area contributed by atoms with Crippen LogP contribution in [0.3, 0.4) is 0 Å². The van der Waals surface area contributed by atoms with Crippen LogP contribution in [0.15, 0.2) is 18.2 Å². The summed E-state index contributed by atoms with van der Waals surface area (Å²) in [7, 11) is 1.87. The molecule has 0 saturated carbocycles. The molecule has 1 atom stereocenters. The van der Waals surface area contributed by atoms with Crippen molar-refractivity contribution in [3.05, 3.63) is 23.8 Å². The maximum Gasteiger partial charge on any atom is 0.234 e. The number of hydrogen-bond acceptors (Lipinski definition) is 4.